The molecule has 0 aliphatic heterocycles. The van der Waals surface area contributed by atoms with Crippen LogP contribution in [-0.2, 0) is 93.2 Å². The number of hydrogen-bond donors (Lipinski definition) is 0. The zero-order valence-corrected chi connectivity index (χ0v) is 28.7. The maximum Gasteiger partial charge on any atom is 2.00 e. The molecule has 0 spiro atoms. The third-order valence-electron chi connectivity index (χ3n) is 5.15. The molecule has 0 atom stereocenters. The van der Waals surface area contributed by atoms with E-state index in [4.69, 9.17) is 38.6 Å². The fourth-order valence-electron chi connectivity index (χ4n) is 3.39. The van der Waals surface area contributed by atoms with Crippen molar-refractivity contribution in [2.24, 2.45) is 0 Å². The summed E-state index contributed by atoms with van der Waals surface area (Å²) in [6, 6.07) is 16.5. The summed E-state index contributed by atoms with van der Waals surface area (Å²) in [5.74, 6) is 0. The largest absolute Gasteiger partial charge is 2.00 e. The van der Waals surface area contributed by atoms with Crippen LogP contribution in [0.2, 0.25) is 0 Å². The van der Waals surface area contributed by atoms with Gasteiger partial charge in [-0.05, 0) is 45.3 Å². The van der Waals surface area contributed by atoms with Crippen molar-refractivity contribution in [1.29, 1.82) is 0 Å². The van der Waals surface area contributed by atoms with E-state index in [1.807, 2.05) is 36.7 Å². The molecule has 22 heteroatoms. The van der Waals surface area contributed by atoms with Gasteiger partial charge in [0.2, 0.25) is 0 Å². The number of aryl methyl sites for hydroxylation is 1. The van der Waals surface area contributed by atoms with Crippen LogP contribution in [0.3, 0.4) is 0 Å². The smallest absolute Gasteiger partial charge is 0.870 e. The Bertz CT molecular complexity index is 1450. The van der Waals surface area contributed by atoms with Gasteiger partial charge in [-0.2, -0.15) is 31.2 Å². The van der Waals surface area contributed by atoms with Crippen molar-refractivity contribution in [2.75, 3.05) is 14.1 Å². The van der Waals surface area contributed by atoms with Gasteiger partial charge in [-0.25, -0.2) is 16.8 Å². The predicted octanol–water partition coefficient (Wildman–Crippen LogP) is 3.88. The molecule has 0 bridgehead atoms. The predicted molar refractivity (Wildman–Crippen MR) is 149 cm³/mol. The van der Waals surface area contributed by atoms with Gasteiger partial charge in [0, 0.05) is 38.6 Å². The van der Waals surface area contributed by atoms with Gasteiger partial charge in [0.05, 0.1) is 11.4 Å². The first-order chi connectivity index (χ1) is 20.0. The number of nitrogens with zero attached hydrogens (tertiary/aromatic N) is 4. The van der Waals surface area contributed by atoms with Gasteiger partial charge in [0.25, 0.3) is 0 Å². The summed E-state index contributed by atoms with van der Waals surface area (Å²) in [6.45, 7) is 5.37. The molecule has 0 saturated heterocycles. The number of hydrogen-bond acceptors (Lipinski definition) is 12. The number of alkyl halides is 6. The van der Waals surface area contributed by atoms with Crippen molar-refractivity contribution in [3.8, 4) is 0 Å². The number of rotatable bonds is 8. The van der Waals surface area contributed by atoms with Gasteiger partial charge in [-0.15, -0.1) is 0 Å². The van der Waals surface area contributed by atoms with Crippen molar-refractivity contribution in [3.63, 3.8) is 0 Å². The molecular formula is C25H28Cu2F6N4O7S3. The zero-order chi connectivity index (χ0) is 33.9. The SMILES string of the molecule is Cc1cc(CN(C)Cc2ccccn2)c([S-])c(CN(C)Cc2ccccn2)c1.O=S(=O)([O-])C(F)(F)F.O=S(=O)([O-])C(F)(F)F.[Cu+2].[Cu+2].[OH-]. The Balaban J connectivity index is -0.000000853. The van der Waals surface area contributed by atoms with Crippen molar-refractivity contribution < 1.29 is 91.9 Å². The van der Waals surface area contributed by atoms with E-state index in [2.05, 4.69) is 65.1 Å². The molecule has 0 unspecified atom stereocenters. The molecule has 47 heavy (non-hydrogen) atoms. The summed E-state index contributed by atoms with van der Waals surface area (Å²) in [4.78, 5) is 14.3. The molecule has 1 aromatic carbocycles. The van der Waals surface area contributed by atoms with Gasteiger partial charge in [-0.1, -0.05) is 41.0 Å². The van der Waals surface area contributed by atoms with Crippen molar-refractivity contribution >= 4 is 32.9 Å². The quantitative estimate of drug-likeness (QED) is 0.105. The molecular weight excluding hydrogens is 806 g/mol. The summed E-state index contributed by atoms with van der Waals surface area (Å²) < 4.78 is 118. The fourth-order valence-corrected chi connectivity index (χ4v) is 3.64. The van der Waals surface area contributed by atoms with Crippen LogP contribution in [0.25, 0.3) is 0 Å². The topological polar surface area (TPSA) is 177 Å². The van der Waals surface area contributed by atoms with E-state index in [1.54, 1.807) is 0 Å². The first kappa shape index (κ1) is 49.4. The molecule has 3 aromatic rings. The van der Waals surface area contributed by atoms with E-state index >= 15 is 0 Å². The van der Waals surface area contributed by atoms with E-state index in [0.717, 1.165) is 42.5 Å². The molecule has 1 N–H and O–H groups in total. The minimum absolute atomic E-state index is 0. The normalized spacial score (nSPS) is 11.5. The number of pyridine rings is 2. The number of aromatic nitrogens is 2. The summed E-state index contributed by atoms with van der Waals surface area (Å²) in [5.41, 5.74) is -5.50. The van der Waals surface area contributed by atoms with Crippen molar-refractivity contribution in [3.05, 3.63) is 89.0 Å². The van der Waals surface area contributed by atoms with Gasteiger partial charge in [0.15, 0.2) is 20.2 Å². The minimum Gasteiger partial charge on any atom is -0.870 e. The Morgan fingerprint density at radius 2 is 1.00 bits per heavy atom. The monoisotopic (exact) mass is 832 g/mol. The summed E-state index contributed by atoms with van der Waals surface area (Å²) in [6.07, 6.45) is 3.67. The molecule has 0 amide bonds. The Morgan fingerprint density at radius 3 is 1.23 bits per heavy atom. The van der Waals surface area contributed by atoms with Crippen LogP contribution in [-0.4, -0.2) is 76.3 Å². The second kappa shape index (κ2) is 21.2. The van der Waals surface area contributed by atoms with E-state index in [1.165, 1.54) is 16.7 Å². The van der Waals surface area contributed by atoms with Crippen LogP contribution >= 0.6 is 0 Å². The Kier molecular flexibility index (Phi) is 22.3. The molecule has 0 aliphatic rings. The fraction of sp³-hybridized carbons (Fsp3) is 0.360. The van der Waals surface area contributed by atoms with E-state index in [-0.39, 0.29) is 39.6 Å². The Labute approximate surface area is 295 Å². The number of halogens is 6. The number of benzene rings is 1. The van der Waals surface area contributed by atoms with E-state index < -0.39 is 31.3 Å². The molecule has 272 valence electrons. The van der Waals surface area contributed by atoms with Crippen LogP contribution in [0.4, 0.5) is 26.3 Å². The van der Waals surface area contributed by atoms with Crippen molar-refractivity contribution in [1.82, 2.24) is 19.8 Å². The molecule has 0 fully saturated rings. The average molecular weight is 834 g/mol. The first-order valence-corrected chi connectivity index (χ1v) is 15.2. The maximum atomic E-state index is 10.7. The molecule has 0 aliphatic carbocycles. The van der Waals surface area contributed by atoms with Crippen LogP contribution in [0.5, 0.6) is 0 Å². The van der Waals surface area contributed by atoms with Gasteiger partial charge >= 0.3 is 45.2 Å². The third kappa shape index (κ3) is 19.0. The van der Waals surface area contributed by atoms with Crippen LogP contribution in [0.15, 0.2) is 65.8 Å². The molecule has 11 nitrogen and oxygen atoms in total. The van der Waals surface area contributed by atoms with Gasteiger partial charge in [0.1, 0.15) is 0 Å². The van der Waals surface area contributed by atoms with Crippen LogP contribution < -0.4 is 0 Å². The van der Waals surface area contributed by atoms with Crippen molar-refractivity contribution in [2.45, 2.75) is 49.0 Å². The molecule has 0 saturated carbocycles. The Morgan fingerprint density at radius 1 is 0.702 bits per heavy atom. The second-order valence-corrected chi connectivity index (χ2v) is 12.3. The third-order valence-corrected chi connectivity index (χ3v) is 6.81. The van der Waals surface area contributed by atoms with Gasteiger partial charge in [-0.3, -0.25) is 19.8 Å². The maximum absolute atomic E-state index is 10.7. The molecule has 2 heterocycles. The minimum atomic E-state index is -6.09. The molecule has 2 radical (unpaired) electrons. The van der Waals surface area contributed by atoms with E-state index in [0.29, 0.717) is 0 Å². The Hall–Kier alpha value is -1.94. The van der Waals surface area contributed by atoms with Crippen LogP contribution in [0, 0.1) is 6.92 Å². The van der Waals surface area contributed by atoms with Crippen LogP contribution in [0.1, 0.15) is 28.1 Å². The van der Waals surface area contributed by atoms with Gasteiger partial charge < -0.3 is 27.2 Å². The first-order valence-electron chi connectivity index (χ1n) is 12.0. The molecule has 3 rings (SSSR count). The van der Waals surface area contributed by atoms with E-state index in [9.17, 15) is 26.3 Å². The summed E-state index contributed by atoms with van der Waals surface area (Å²) in [5, 5.41) is 0. The molecule has 2 aromatic heterocycles. The summed E-state index contributed by atoms with van der Waals surface area (Å²) in [7, 11) is -7.96. The second-order valence-electron chi connectivity index (χ2n) is 9.20. The average Bonchev–Trinajstić information content (AvgIpc) is 2.86. The standard InChI is InChI=1S/C23H28N4S.2CHF3O3S.2Cu.H2O/c1-18-12-19(14-26(2)16-21-8-4-6-10-24-21)23(28)20(13-18)15-27(3)17-22-9-5-7-11-25-22;2*2-1(3,4)8(5,6)7;;;/h4-13,28H,14-17H2,1-3H3;2*(H,5,6,7);;;1H2/q;;;2*+2;/p-4. The summed E-state index contributed by atoms with van der Waals surface area (Å²) >= 11 is 5.83. The zero-order valence-electron chi connectivity index (χ0n) is 24.4.